The third-order valence-corrected chi connectivity index (χ3v) is 4.36. The molecule has 0 aliphatic carbocycles. The van der Waals surface area contributed by atoms with Gasteiger partial charge in [0.25, 0.3) is 0 Å². The lowest BCUT2D eigenvalue weighted by Gasteiger charge is -2.22. The minimum Gasteiger partial charge on any atom is -0.356 e. The number of hydrogen-bond donors (Lipinski definition) is 2. The predicted octanol–water partition coefficient (Wildman–Crippen LogP) is 5.36. The Morgan fingerprint density at radius 2 is 1.57 bits per heavy atom. The van der Waals surface area contributed by atoms with Crippen molar-refractivity contribution in [2.24, 2.45) is 0 Å². The molecule has 2 aromatic carbocycles. The maximum atomic E-state index is 5.52. The Balaban J connectivity index is 2.10. The predicted molar refractivity (Wildman–Crippen MR) is 104 cm³/mol. The van der Waals surface area contributed by atoms with Crippen molar-refractivity contribution in [3.63, 3.8) is 0 Å². The third kappa shape index (κ3) is 4.55. The molecule has 2 nitrogen and oxygen atoms in total. The highest BCUT2D eigenvalue weighted by Gasteiger charge is 2.13. The van der Waals surface area contributed by atoms with Crippen LogP contribution in [0.4, 0.5) is 5.69 Å². The zero-order valence-electron chi connectivity index (χ0n) is 14.7. The van der Waals surface area contributed by atoms with Gasteiger partial charge in [0.05, 0.1) is 6.04 Å². The molecule has 0 fully saturated rings. The summed E-state index contributed by atoms with van der Waals surface area (Å²) in [7, 11) is 0. The van der Waals surface area contributed by atoms with Crippen LogP contribution in [0.3, 0.4) is 0 Å². The zero-order valence-corrected chi connectivity index (χ0v) is 15.5. The lowest BCUT2D eigenvalue weighted by atomic mass is 9.98. The molecule has 0 saturated carbocycles. The van der Waals surface area contributed by atoms with Crippen molar-refractivity contribution in [1.82, 2.24) is 5.32 Å². The Bertz CT molecular complexity index is 707. The molecule has 0 radical (unpaired) electrons. The maximum Gasteiger partial charge on any atom is 0.171 e. The molecule has 0 spiro atoms. The van der Waals surface area contributed by atoms with Crippen LogP contribution in [0.25, 0.3) is 0 Å². The molecule has 0 bridgehead atoms. The van der Waals surface area contributed by atoms with E-state index in [1.54, 1.807) is 0 Å². The van der Waals surface area contributed by atoms with Crippen LogP contribution in [-0.4, -0.2) is 5.11 Å². The average molecular weight is 327 g/mol. The molecule has 2 aromatic rings. The summed E-state index contributed by atoms with van der Waals surface area (Å²) in [4.78, 5) is 0. The smallest absolute Gasteiger partial charge is 0.171 e. The monoisotopic (exact) mass is 326 g/mol. The Hall–Kier alpha value is -1.87. The van der Waals surface area contributed by atoms with Crippen LogP contribution in [0.5, 0.6) is 0 Å². The van der Waals surface area contributed by atoms with Crippen LogP contribution >= 0.6 is 12.2 Å². The first-order valence-corrected chi connectivity index (χ1v) is 8.53. The topological polar surface area (TPSA) is 24.1 Å². The normalized spacial score (nSPS) is 11.9. The molecule has 0 aliphatic heterocycles. The number of anilines is 1. The van der Waals surface area contributed by atoms with E-state index >= 15 is 0 Å². The molecular formula is C20H26N2S. The molecule has 1 atom stereocenters. The molecule has 122 valence electrons. The van der Waals surface area contributed by atoms with Gasteiger partial charge in [0.2, 0.25) is 0 Å². The van der Waals surface area contributed by atoms with Crippen molar-refractivity contribution in [2.75, 3.05) is 5.32 Å². The summed E-state index contributed by atoms with van der Waals surface area (Å²) in [6, 6.07) is 13.1. The first-order chi connectivity index (χ1) is 10.9. The molecule has 0 heterocycles. The van der Waals surface area contributed by atoms with E-state index in [9.17, 15) is 0 Å². The summed E-state index contributed by atoms with van der Waals surface area (Å²) in [5.41, 5.74) is 7.42. The van der Waals surface area contributed by atoms with Crippen molar-refractivity contribution in [3.8, 4) is 0 Å². The molecule has 3 heteroatoms. The van der Waals surface area contributed by atoms with Gasteiger partial charge in [0.1, 0.15) is 0 Å². The van der Waals surface area contributed by atoms with E-state index in [1.165, 1.54) is 27.8 Å². The van der Waals surface area contributed by atoms with E-state index < -0.39 is 0 Å². The summed E-state index contributed by atoms with van der Waals surface area (Å²) >= 11 is 5.52. The van der Waals surface area contributed by atoms with Crippen molar-refractivity contribution < 1.29 is 0 Å². The SMILES string of the molecule is CCC(NC(=S)Nc1ccc(C)cc1C)c1ccc(C)cc1C. The standard InChI is InChI=1S/C20H26N2S/c1-6-18(17-9-7-13(2)11-15(17)4)21-20(23)22-19-10-8-14(3)12-16(19)5/h7-12,18H,6H2,1-5H3,(H2,21,22,23). The molecule has 0 amide bonds. The van der Waals surface area contributed by atoms with Crippen LogP contribution in [0.15, 0.2) is 36.4 Å². The zero-order chi connectivity index (χ0) is 17.0. The van der Waals surface area contributed by atoms with Gasteiger partial charge in [0.15, 0.2) is 5.11 Å². The van der Waals surface area contributed by atoms with Gasteiger partial charge in [-0.3, -0.25) is 0 Å². The highest BCUT2D eigenvalue weighted by Crippen LogP contribution is 2.22. The van der Waals surface area contributed by atoms with Crippen molar-refractivity contribution in [3.05, 3.63) is 64.2 Å². The average Bonchev–Trinajstić information content (AvgIpc) is 2.48. The second kappa shape index (κ2) is 7.60. The van der Waals surface area contributed by atoms with Crippen molar-refractivity contribution >= 4 is 23.0 Å². The summed E-state index contributed by atoms with van der Waals surface area (Å²) in [6.07, 6.45) is 0.985. The summed E-state index contributed by atoms with van der Waals surface area (Å²) < 4.78 is 0. The number of benzene rings is 2. The van der Waals surface area contributed by atoms with Gasteiger partial charge in [-0.05, 0) is 69.1 Å². The molecule has 23 heavy (non-hydrogen) atoms. The van der Waals surface area contributed by atoms with Gasteiger partial charge in [-0.2, -0.15) is 0 Å². The minimum absolute atomic E-state index is 0.223. The van der Waals surface area contributed by atoms with Gasteiger partial charge in [-0.25, -0.2) is 0 Å². The molecular weight excluding hydrogens is 300 g/mol. The van der Waals surface area contributed by atoms with E-state index in [0.29, 0.717) is 5.11 Å². The van der Waals surface area contributed by atoms with E-state index in [-0.39, 0.29) is 6.04 Å². The van der Waals surface area contributed by atoms with Crippen LogP contribution in [0.1, 0.15) is 47.2 Å². The number of aryl methyl sites for hydroxylation is 4. The van der Waals surface area contributed by atoms with Gasteiger partial charge in [-0.1, -0.05) is 48.4 Å². The Kier molecular flexibility index (Phi) is 5.78. The minimum atomic E-state index is 0.223. The fraction of sp³-hybridized carbons (Fsp3) is 0.350. The second-order valence-corrected chi connectivity index (χ2v) is 6.65. The number of rotatable bonds is 4. The highest BCUT2D eigenvalue weighted by molar-refractivity contribution is 7.80. The molecule has 0 aromatic heterocycles. The number of nitrogens with one attached hydrogen (secondary N) is 2. The fourth-order valence-electron chi connectivity index (χ4n) is 2.89. The lowest BCUT2D eigenvalue weighted by Crippen LogP contribution is -2.32. The van der Waals surface area contributed by atoms with E-state index in [1.807, 2.05) is 0 Å². The molecule has 1 unspecified atom stereocenters. The molecule has 0 saturated heterocycles. The van der Waals surface area contributed by atoms with Crippen molar-refractivity contribution in [1.29, 1.82) is 0 Å². The Morgan fingerprint density at radius 3 is 2.13 bits per heavy atom. The second-order valence-electron chi connectivity index (χ2n) is 6.24. The van der Waals surface area contributed by atoms with Gasteiger partial charge < -0.3 is 10.6 Å². The first kappa shape index (κ1) is 17.5. The van der Waals surface area contributed by atoms with Crippen LogP contribution in [-0.2, 0) is 0 Å². The van der Waals surface area contributed by atoms with Gasteiger partial charge in [0, 0.05) is 5.69 Å². The highest BCUT2D eigenvalue weighted by atomic mass is 32.1. The van der Waals surface area contributed by atoms with Crippen molar-refractivity contribution in [2.45, 2.75) is 47.1 Å². The van der Waals surface area contributed by atoms with Crippen LogP contribution in [0.2, 0.25) is 0 Å². The molecule has 2 N–H and O–H groups in total. The summed E-state index contributed by atoms with van der Waals surface area (Å²) in [6.45, 7) is 10.7. The Labute approximate surface area is 145 Å². The summed E-state index contributed by atoms with van der Waals surface area (Å²) in [5.74, 6) is 0. The Morgan fingerprint density at radius 1 is 0.957 bits per heavy atom. The van der Waals surface area contributed by atoms with Gasteiger partial charge >= 0.3 is 0 Å². The third-order valence-electron chi connectivity index (χ3n) is 4.14. The molecule has 2 rings (SSSR count). The largest absolute Gasteiger partial charge is 0.356 e. The van der Waals surface area contributed by atoms with Crippen LogP contribution < -0.4 is 10.6 Å². The summed E-state index contributed by atoms with van der Waals surface area (Å²) in [5, 5.41) is 7.45. The maximum absolute atomic E-state index is 5.52. The molecule has 0 aliphatic rings. The number of hydrogen-bond acceptors (Lipinski definition) is 1. The van der Waals surface area contributed by atoms with Gasteiger partial charge in [-0.15, -0.1) is 0 Å². The number of thiocarbonyl (C=S) groups is 1. The van der Waals surface area contributed by atoms with E-state index in [4.69, 9.17) is 12.2 Å². The quantitative estimate of drug-likeness (QED) is 0.740. The lowest BCUT2D eigenvalue weighted by molar-refractivity contribution is 0.625. The fourth-order valence-corrected chi connectivity index (χ4v) is 3.14. The van der Waals surface area contributed by atoms with E-state index in [0.717, 1.165) is 12.1 Å². The van der Waals surface area contributed by atoms with E-state index in [2.05, 4.69) is 81.7 Å². The van der Waals surface area contributed by atoms with Crippen LogP contribution in [0, 0.1) is 27.7 Å². The first-order valence-electron chi connectivity index (χ1n) is 8.12.